The number of carbonyl (C=O) groups is 1. The van der Waals surface area contributed by atoms with Crippen LogP contribution >= 0.6 is 6.64 Å². The van der Waals surface area contributed by atoms with Crippen molar-refractivity contribution in [3.63, 3.8) is 0 Å². The lowest BCUT2D eigenvalue weighted by Gasteiger charge is -2.30. The van der Waals surface area contributed by atoms with Gasteiger partial charge in [-0.3, -0.25) is 19.1 Å². The van der Waals surface area contributed by atoms with Crippen LogP contribution in [-0.4, -0.2) is 56.2 Å². The first-order valence-electron chi connectivity index (χ1n) is 12.6. The summed E-state index contributed by atoms with van der Waals surface area (Å²) in [5.41, 5.74) is -3.51. The van der Waals surface area contributed by atoms with Gasteiger partial charge in [0, 0.05) is 18.2 Å². The first kappa shape index (κ1) is 30.8. The van der Waals surface area contributed by atoms with Crippen LogP contribution in [0.25, 0.3) is 0 Å². The van der Waals surface area contributed by atoms with Crippen molar-refractivity contribution in [3.05, 3.63) is 63.4 Å². The number of hydrogen-bond acceptors (Lipinski definition) is 9. The Morgan fingerprint density at radius 1 is 1.33 bits per heavy atom. The molecule has 1 aliphatic carbocycles. The van der Waals surface area contributed by atoms with Gasteiger partial charge < -0.3 is 24.0 Å². The molecule has 212 valence electrons. The van der Waals surface area contributed by atoms with Crippen LogP contribution in [0.1, 0.15) is 46.1 Å². The highest BCUT2D eigenvalue weighted by Gasteiger charge is 2.54. The highest BCUT2D eigenvalue weighted by Crippen LogP contribution is 2.49. The minimum atomic E-state index is -3.44. The number of nitrogens with zero attached hydrogens (tertiary/aromatic N) is 1. The van der Waals surface area contributed by atoms with Crippen LogP contribution in [-0.2, 0) is 25.9 Å². The number of aliphatic hydroxyl groups excluding tert-OH is 1. The van der Waals surface area contributed by atoms with Gasteiger partial charge in [-0.2, -0.15) is 0 Å². The van der Waals surface area contributed by atoms with E-state index in [1.165, 1.54) is 6.20 Å². The number of terminal acetylenes is 1. The summed E-state index contributed by atoms with van der Waals surface area (Å²) in [5, 5.41) is 25.2. The van der Waals surface area contributed by atoms with Crippen LogP contribution in [0.2, 0.25) is 0 Å². The number of rotatable bonds is 12. The van der Waals surface area contributed by atoms with Gasteiger partial charge in [0.15, 0.2) is 5.60 Å². The molecule has 13 heteroatoms. The normalized spacial score (nSPS) is 25.0. The fraction of sp³-hybridized carbons (Fsp3) is 0.500. The molecule has 0 bridgehead atoms. The van der Waals surface area contributed by atoms with Gasteiger partial charge in [0.1, 0.15) is 17.9 Å². The molecule has 0 radical (unpaired) electrons. The van der Waals surface area contributed by atoms with Crippen LogP contribution in [0.5, 0.6) is 5.75 Å². The van der Waals surface area contributed by atoms with Crippen molar-refractivity contribution in [2.75, 3.05) is 6.61 Å². The summed E-state index contributed by atoms with van der Waals surface area (Å²) >= 11 is 5.79. The maximum atomic E-state index is 12.8. The number of carbonyl (C=O) groups excluding carboxylic acids is 1. The predicted molar refractivity (Wildman–Crippen MR) is 149 cm³/mol. The lowest BCUT2D eigenvalue weighted by atomic mass is 9.95. The van der Waals surface area contributed by atoms with E-state index in [4.69, 9.17) is 32.0 Å². The molecule has 11 nitrogen and oxygen atoms in total. The molecule has 39 heavy (non-hydrogen) atoms. The third-order valence-corrected chi connectivity index (χ3v) is 8.73. The molecule has 1 fully saturated rings. The maximum absolute atomic E-state index is 12.8. The number of aromatic nitrogens is 2. The van der Waals surface area contributed by atoms with E-state index >= 15 is 0 Å². The van der Waals surface area contributed by atoms with Crippen LogP contribution in [0, 0.1) is 18.3 Å². The van der Waals surface area contributed by atoms with E-state index < -0.39 is 53.6 Å². The molecule has 1 heterocycles. The zero-order chi connectivity index (χ0) is 28.8. The molecule has 2 aromatic rings. The van der Waals surface area contributed by atoms with Gasteiger partial charge in [0.05, 0.1) is 18.8 Å². The zero-order valence-electron chi connectivity index (χ0n) is 22.0. The summed E-state index contributed by atoms with van der Waals surface area (Å²) in [4.78, 5) is 38.8. The van der Waals surface area contributed by atoms with E-state index in [1.54, 1.807) is 44.2 Å². The van der Waals surface area contributed by atoms with E-state index in [9.17, 15) is 24.6 Å². The minimum absolute atomic E-state index is 0.0300. The number of nitrogens with one attached hydrogen (secondary N) is 2. The molecule has 0 aliphatic heterocycles. The maximum Gasteiger partial charge on any atom is 0.328 e. The average Bonchev–Trinajstić information content (AvgIpc) is 3.13. The van der Waals surface area contributed by atoms with Gasteiger partial charge in [-0.05, 0) is 50.6 Å². The number of benzene rings is 1. The number of aliphatic hydroxyl groups is 2. The van der Waals surface area contributed by atoms with Crippen LogP contribution in [0.4, 0.5) is 0 Å². The largest absolute Gasteiger partial charge is 0.462 e. The fourth-order valence-electron chi connectivity index (χ4n) is 4.42. The molecular weight excluding hydrogens is 545 g/mol. The van der Waals surface area contributed by atoms with Gasteiger partial charge in [0.25, 0.3) is 5.56 Å². The quantitative estimate of drug-likeness (QED) is 0.167. The smallest absolute Gasteiger partial charge is 0.328 e. The Kier molecular flexibility index (Phi) is 10.3. The molecule has 1 unspecified atom stereocenters. The molecule has 0 spiro atoms. The minimum Gasteiger partial charge on any atom is -0.462 e. The summed E-state index contributed by atoms with van der Waals surface area (Å²) in [5.74, 6) is 1.34. The predicted octanol–water partition coefficient (Wildman–Crippen LogP) is 1.85. The first-order valence-corrected chi connectivity index (χ1v) is 15.2. The van der Waals surface area contributed by atoms with E-state index in [0.717, 1.165) is 10.6 Å². The summed E-state index contributed by atoms with van der Waals surface area (Å²) < 4.78 is 18.6. The van der Waals surface area contributed by atoms with Crippen molar-refractivity contribution in [2.45, 2.75) is 69.9 Å². The van der Waals surface area contributed by atoms with Crippen molar-refractivity contribution in [1.82, 2.24) is 14.6 Å². The summed E-state index contributed by atoms with van der Waals surface area (Å²) in [6.07, 6.45) is 6.06. The SMILES string of the molecule is C#C[C@@]1(O)[C@H](O)[C@@H](COP(=S)(N[C@@H](CCC)C(=O)OC(C)C)Oc2ccccc2)C[C@H]1n1ccc(=O)[nH]c1=O. The molecule has 6 atom stereocenters. The summed E-state index contributed by atoms with van der Waals surface area (Å²) in [6, 6.07) is 7.95. The molecule has 1 aromatic heterocycles. The van der Waals surface area contributed by atoms with Crippen LogP contribution < -0.4 is 20.9 Å². The molecule has 4 N–H and O–H groups in total. The average molecular weight is 580 g/mol. The Morgan fingerprint density at radius 2 is 2.03 bits per heavy atom. The third-order valence-electron chi connectivity index (χ3n) is 6.30. The Balaban J connectivity index is 1.87. The topological polar surface area (TPSA) is 152 Å². The van der Waals surface area contributed by atoms with Gasteiger partial charge >= 0.3 is 18.3 Å². The van der Waals surface area contributed by atoms with E-state index in [1.807, 2.05) is 6.92 Å². The third kappa shape index (κ3) is 7.45. The van der Waals surface area contributed by atoms with Crippen molar-refractivity contribution >= 4 is 24.4 Å². The van der Waals surface area contributed by atoms with Crippen LogP contribution in [0.15, 0.2) is 52.2 Å². The second-order valence-corrected chi connectivity index (χ2v) is 12.7. The van der Waals surface area contributed by atoms with Crippen molar-refractivity contribution in [2.24, 2.45) is 5.92 Å². The lowest BCUT2D eigenvalue weighted by molar-refractivity contribution is -0.149. The van der Waals surface area contributed by atoms with Crippen molar-refractivity contribution in [3.8, 4) is 18.1 Å². The highest BCUT2D eigenvalue weighted by molar-refractivity contribution is 8.09. The molecule has 0 saturated heterocycles. The molecular formula is C26H34N3O8PS. The van der Waals surface area contributed by atoms with E-state index in [-0.39, 0.29) is 19.1 Å². The molecule has 0 amide bonds. The van der Waals surface area contributed by atoms with E-state index in [0.29, 0.717) is 18.6 Å². The first-order chi connectivity index (χ1) is 18.4. The fourth-order valence-corrected chi connectivity index (χ4v) is 6.83. The Morgan fingerprint density at radius 3 is 2.62 bits per heavy atom. The summed E-state index contributed by atoms with van der Waals surface area (Å²) in [6.45, 7) is 1.74. The van der Waals surface area contributed by atoms with E-state index in [2.05, 4.69) is 16.0 Å². The number of para-hydroxylation sites is 1. The molecule has 3 rings (SSSR count). The number of hydrogen-bond donors (Lipinski definition) is 4. The van der Waals surface area contributed by atoms with Gasteiger partial charge in [-0.25, -0.2) is 9.88 Å². The Bertz CT molecular complexity index is 1340. The highest BCUT2D eigenvalue weighted by atomic mass is 32.5. The monoisotopic (exact) mass is 579 g/mol. The molecule has 1 saturated carbocycles. The van der Waals surface area contributed by atoms with Gasteiger partial charge in [0.2, 0.25) is 0 Å². The Labute approximate surface area is 231 Å². The molecule has 1 aromatic carbocycles. The number of ether oxygens (including phenoxy) is 1. The second-order valence-electron chi connectivity index (χ2n) is 9.60. The number of aromatic amines is 1. The van der Waals surface area contributed by atoms with Crippen molar-refractivity contribution in [1.29, 1.82) is 0 Å². The lowest BCUT2D eigenvalue weighted by Crippen LogP contribution is -2.47. The second kappa shape index (κ2) is 13.0. The molecule has 1 aliphatic rings. The van der Waals surface area contributed by atoms with Gasteiger partial charge in [-0.1, -0.05) is 37.5 Å². The number of esters is 1. The van der Waals surface area contributed by atoms with Crippen LogP contribution in [0.3, 0.4) is 0 Å². The number of H-pyrrole nitrogens is 1. The van der Waals surface area contributed by atoms with Crippen molar-refractivity contribution < 1.29 is 28.8 Å². The van der Waals surface area contributed by atoms with Gasteiger partial charge in [-0.15, -0.1) is 6.42 Å². The zero-order valence-corrected chi connectivity index (χ0v) is 23.7. The summed E-state index contributed by atoms with van der Waals surface area (Å²) in [7, 11) is 0. The standard InChI is InChI=1S/C26H34N3O8PS/c1-5-10-20(24(32)36-17(3)4)28-38(39,37-19-11-8-7-9-12-19)35-16-18-15-21(26(34,6-2)23(18)31)29-14-13-22(30)27-25(29)33/h2,7-9,11-14,17-18,20-21,23,31,34H,5,10,15-16H2,1,3-4H3,(H,28,39)(H,27,30,33)/t18-,20+,21-,23-,26+,38?/m1/s1. The Hall–Kier alpha value is -2.78.